The van der Waals surface area contributed by atoms with Gasteiger partial charge in [-0.2, -0.15) is 0 Å². The number of hydrogen-bond acceptors (Lipinski definition) is 3. The summed E-state index contributed by atoms with van der Waals surface area (Å²) in [6.07, 6.45) is 9.51. The summed E-state index contributed by atoms with van der Waals surface area (Å²) in [6, 6.07) is 6.13. The lowest BCUT2D eigenvalue weighted by molar-refractivity contribution is 0.170. The molecule has 3 heteroatoms. The second kappa shape index (κ2) is 7.75. The first kappa shape index (κ1) is 14.7. The van der Waals surface area contributed by atoms with E-state index in [0.717, 1.165) is 30.8 Å². The monoisotopic (exact) mass is 274 g/mol. The molecule has 0 spiro atoms. The smallest absolute Gasteiger partial charge is 0.161 e. The Kier molecular flexibility index (Phi) is 5.69. The van der Waals surface area contributed by atoms with Crippen LogP contribution < -0.4 is 9.47 Å². The Hall–Kier alpha value is -1.74. The van der Waals surface area contributed by atoms with Crippen molar-refractivity contribution in [1.29, 1.82) is 0 Å². The molecule has 0 atom stereocenters. The van der Waals surface area contributed by atoms with Crippen LogP contribution in [0, 0.1) is 0 Å². The Morgan fingerprint density at radius 1 is 1.10 bits per heavy atom. The van der Waals surface area contributed by atoms with Crippen molar-refractivity contribution in [1.82, 2.24) is 0 Å². The lowest BCUT2D eigenvalue weighted by Crippen LogP contribution is -2.03. The van der Waals surface area contributed by atoms with Crippen LogP contribution in [0.2, 0.25) is 0 Å². The van der Waals surface area contributed by atoms with Crippen LogP contribution in [0.25, 0.3) is 5.57 Å². The number of rotatable bonds is 7. The van der Waals surface area contributed by atoms with Crippen molar-refractivity contribution in [2.75, 3.05) is 27.4 Å². The van der Waals surface area contributed by atoms with Crippen LogP contribution >= 0.6 is 0 Å². The first-order chi connectivity index (χ1) is 9.85. The lowest BCUT2D eigenvalue weighted by atomic mass is 9.97. The topological polar surface area (TPSA) is 27.7 Å². The standard InChI is InChI=1S/C17H22O3/c1-18-11-6-12-20-17-13-15(9-10-16(17)19-2)14-7-4-3-5-8-14/h3-4,7,9-10,13H,5-6,8,11-12H2,1-2H3. The van der Waals surface area contributed by atoms with Gasteiger partial charge in [-0.05, 0) is 36.1 Å². The summed E-state index contributed by atoms with van der Waals surface area (Å²) in [4.78, 5) is 0. The number of benzene rings is 1. The van der Waals surface area contributed by atoms with Gasteiger partial charge >= 0.3 is 0 Å². The highest BCUT2D eigenvalue weighted by molar-refractivity contribution is 5.70. The van der Waals surface area contributed by atoms with Crippen molar-refractivity contribution in [3.8, 4) is 11.5 Å². The minimum Gasteiger partial charge on any atom is -0.493 e. The Labute approximate surface area is 120 Å². The molecular weight excluding hydrogens is 252 g/mol. The minimum absolute atomic E-state index is 0.632. The average molecular weight is 274 g/mol. The van der Waals surface area contributed by atoms with Gasteiger partial charge in [0.1, 0.15) is 0 Å². The van der Waals surface area contributed by atoms with Crippen LogP contribution in [0.4, 0.5) is 0 Å². The Morgan fingerprint density at radius 3 is 2.70 bits per heavy atom. The summed E-state index contributed by atoms with van der Waals surface area (Å²) in [6.45, 7) is 1.34. The van der Waals surface area contributed by atoms with Gasteiger partial charge in [0.2, 0.25) is 0 Å². The molecule has 0 heterocycles. The summed E-state index contributed by atoms with van der Waals surface area (Å²) >= 11 is 0. The fourth-order valence-electron chi connectivity index (χ4n) is 2.22. The quantitative estimate of drug-likeness (QED) is 0.707. The molecule has 0 aliphatic heterocycles. The van der Waals surface area contributed by atoms with E-state index in [-0.39, 0.29) is 0 Å². The molecule has 20 heavy (non-hydrogen) atoms. The Bertz CT molecular complexity index is 489. The summed E-state index contributed by atoms with van der Waals surface area (Å²) < 4.78 is 16.2. The molecular formula is C17H22O3. The molecule has 0 radical (unpaired) electrons. The molecule has 2 rings (SSSR count). The Morgan fingerprint density at radius 2 is 2.00 bits per heavy atom. The van der Waals surface area contributed by atoms with E-state index in [9.17, 15) is 0 Å². The van der Waals surface area contributed by atoms with E-state index in [1.54, 1.807) is 14.2 Å². The van der Waals surface area contributed by atoms with E-state index in [2.05, 4.69) is 30.4 Å². The third-order valence-electron chi connectivity index (χ3n) is 3.30. The maximum atomic E-state index is 5.81. The second-order valence-electron chi connectivity index (χ2n) is 4.72. The van der Waals surface area contributed by atoms with Crippen molar-refractivity contribution >= 4 is 5.57 Å². The number of hydrogen-bond donors (Lipinski definition) is 0. The van der Waals surface area contributed by atoms with Gasteiger partial charge in [0.15, 0.2) is 11.5 Å². The van der Waals surface area contributed by atoms with E-state index in [4.69, 9.17) is 14.2 Å². The first-order valence-electron chi connectivity index (χ1n) is 7.01. The molecule has 0 bridgehead atoms. The van der Waals surface area contributed by atoms with Crippen molar-refractivity contribution in [2.24, 2.45) is 0 Å². The first-order valence-corrected chi connectivity index (χ1v) is 7.01. The number of ether oxygens (including phenoxy) is 3. The molecule has 1 aromatic carbocycles. The summed E-state index contributed by atoms with van der Waals surface area (Å²) in [5, 5.41) is 0. The maximum absolute atomic E-state index is 5.81. The van der Waals surface area contributed by atoms with E-state index in [1.807, 2.05) is 6.07 Å². The lowest BCUT2D eigenvalue weighted by Gasteiger charge is -2.14. The average Bonchev–Trinajstić information content (AvgIpc) is 2.52. The highest BCUT2D eigenvalue weighted by atomic mass is 16.5. The van der Waals surface area contributed by atoms with Gasteiger partial charge < -0.3 is 14.2 Å². The minimum atomic E-state index is 0.632. The largest absolute Gasteiger partial charge is 0.493 e. The van der Waals surface area contributed by atoms with Gasteiger partial charge in [0.25, 0.3) is 0 Å². The molecule has 0 N–H and O–H groups in total. The molecule has 1 aliphatic carbocycles. The van der Waals surface area contributed by atoms with Crippen LogP contribution in [0.15, 0.2) is 36.4 Å². The zero-order valence-corrected chi connectivity index (χ0v) is 12.2. The molecule has 0 aromatic heterocycles. The molecule has 1 aliphatic rings. The maximum Gasteiger partial charge on any atom is 0.161 e. The van der Waals surface area contributed by atoms with Crippen molar-refractivity contribution in [3.05, 3.63) is 42.0 Å². The molecule has 0 unspecified atom stereocenters. The normalized spacial score (nSPS) is 14.0. The number of allylic oxidation sites excluding steroid dienone is 4. The van der Waals surface area contributed by atoms with Crippen LogP contribution in [-0.4, -0.2) is 27.4 Å². The molecule has 0 saturated heterocycles. The zero-order chi connectivity index (χ0) is 14.2. The van der Waals surface area contributed by atoms with Gasteiger partial charge in [-0.15, -0.1) is 0 Å². The van der Waals surface area contributed by atoms with Gasteiger partial charge in [0.05, 0.1) is 13.7 Å². The van der Waals surface area contributed by atoms with Gasteiger partial charge in [0, 0.05) is 20.1 Å². The van der Waals surface area contributed by atoms with Gasteiger partial charge in [-0.3, -0.25) is 0 Å². The molecule has 0 amide bonds. The molecule has 108 valence electrons. The third-order valence-corrected chi connectivity index (χ3v) is 3.30. The van der Waals surface area contributed by atoms with Crippen molar-refractivity contribution in [2.45, 2.75) is 19.3 Å². The van der Waals surface area contributed by atoms with E-state index in [0.29, 0.717) is 13.2 Å². The SMILES string of the molecule is COCCCOc1cc(C2=CC=CCC2)ccc1OC. The van der Waals surface area contributed by atoms with Gasteiger partial charge in [-0.1, -0.05) is 24.3 Å². The van der Waals surface area contributed by atoms with Crippen molar-refractivity contribution < 1.29 is 14.2 Å². The second-order valence-corrected chi connectivity index (χ2v) is 4.72. The zero-order valence-electron chi connectivity index (χ0n) is 12.2. The predicted molar refractivity (Wildman–Crippen MR) is 81.3 cm³/mol. The fourth-order valence-corrected chi connectivity index (χ4v) is 2.22. The van der Waals surface area contributed by atoms with E-state index < -0.39 is 0 Å². The Balaban J connectivity index is 2.11. The third kappa shape index (κ3) is 3.87. The summed E-state index contributed by atoms with van der Waals surface area (Å²) in [5.41, 5.74) is 2.55. The van der Waals surface area contributed by atoms with Crippen molar-refractivity contribution in [3.63, 3.8) is 0 Å². The molecule has 0 saturated carbocycles. The summed E-state index contributed by atoms with van der Waals surface area (Å²) in [5.74, 6) is 1.58. The van der Waals surface area contributed by atoms with Crippen LogP contribution in [0.3, 0.4) is 0 Å². The van der Waals surface area contributed by atoms with E-state index in [1.165, 1.54) is 11.1 Å². The van der Waals surface area contributed by atoms with Crippen LogP contribution in [0.5, 0.6) is 11.5 Å². The van der Waals surface area contributed by atoms with Gasteiger partial charge in [-0.25, -0.2) is 0 Å². The summed E-state index contributed by atoms with van der Waals surface area (Å²) in [7, 11) is 3.36. The predicted octanol–water partition coefficient (Wildman–Crippen LogP) is 3.84. The fraction of sp³-hybridized carbons (Fsp3) is 0.412. The molecule has 0 fully saturated rings. The highest BCUT2D eigenvalue weighted by Gasteiger charge is 2.09. The highest BCUT2D eigenvalue weighted by Crippen LogP contribution is 2.33. The number of methoxy groups -OCH3 is 2. The van der Waals surface area contributed by atoms with E-state index >= 15 is 0 Å². The molecule has 3 nitrogen and oxygen atoms in total. The molecule has 1 aromatic rings. The van der Waals surface area contributed by atoms with Crippen LogP contribution in [0.1, 0.15) is 24.8 Å². The van der Waals surface area contributed by atoms with Crippen LogP contribution in [-0.2, 0) is 4.74 Å².